The van der Waals surface area contributed by atoms with Gasteiger partial charge in [0, 0.05) is 17.9 Å². The van der Waals surface area contributed by atoms with E-state index in [4.69, 9.17) is 4.74 Å². The molecule has 0 amide bonds. The molecular weight excluding hydrogens is 356 g/mol. The molecule has 5 heteroatoms. The fourth-order valence-corrected chi connectivity index (χ4v) is 3.85. The summed E-state index contributed by atoms with van der Waals surface area (Å²) in [6, 6.07) is 19.8. The molecule has 0 N–H and O–H groups in total. The number of Topliss-reactive ketones (excluding diaryl/α,β-unsaturated/α-hetero) is 1. The first-order chi connectivity index (χ1) is 13.1. The molecule has 4 nitrogen and oxygen atoms in total. The Morgan fingerprint density at radius 2 is 1.78 bits per heavy atom. The molecule has 2 aromatic heterocycles. The molecule has 2 heterocycles. The summed E-state index contributed by atoms with van der Waals surface area (Å²) in [5.41, 5.74) is 3.62. The van der Waals surface area contributed by atoms with Crippen molar-refractivity contribution >= 4 is 28.0 Å². The first kappa shape index (κ1) is 17.4. The van der Waals surface area contributed by atoms with Crippen LogP contribution in [0.5, 0.6) is 5.75 Å². The van der Waals surface area contributed by atoms with Gasteiger partial charge in [-0.15, -0.1) is 11.3 Å². The minimum Gasteiger partial charge on any atom is -0.487 e. The van der Waals surface area contributed by atoms with Crippen LogP contribution < -0.4 is 4.74 Å². The number of benzene rings is 2. The topological polar surface area (TPSA) is 52.1 Å². The van der Waals surface area contributed by atoms with Crippen LogP contribution in [0.4, 0.5) is 0 Å². The maximum atomic E-state index is 11.6. The average molecular weight is 374 g/mol. The highest BCUT2D eigenvalue weighted by Crippen LogP contribution is 2.29. The molecule has 0 unspecified atom stereocenters. The lowest BCUT2D eigenvalue weighted by Gasteiger charge is -2.07. The quantitative estimate of drug-likeness (QED) is 0.436. The summed E-state index contributed by atoms with van der Waals surface area (Å²) < 4.78 is 5.87. The van der Waals surface area contributed by atoms with E-state index < -0.39 is 0 Å². The number of hydrogen-bond acceptors (Lipinski definition) is 5. The van der Waals surface area contributed by atoms with Crippen LogP contribution in [0.25, 0.3) is 21.5 Å². The Kier molecular flexibility index (Phi) is 4.69. The van der Waals surface area contributed by atoms with E-state index in [0.29, 0.717) is 11.5 Å². The van der Waals surface area contributed by atoms with Crippen LogP contribution in [0, 0.1) is 6.92 Å². The van der Waals surface area contributed by atoms with Crippen molar-refractivity contribution < 1.29 is 9.53 Å². The van der Waals surface area contributed by atoms with Gasteiger partial charge in [0.1, 0.15) is 17.4 Å². The predicted octanol–water partition coefficient (Wildman–Crippen LogP) is 5.45. The number of ether oxygens (including phenoxy) is 1. The second-order valence-electron chi connectivity index (χ2n) is 6.30. The summed E-state index contributed by atoms with van der Waals surface area (Å²) >= 11 is 1.43. The monoisotopic (exact) mass is 374 g/mol. The van der Waals surface area contributed by atoms with E-state index in [9.17, 15) is 4.79 Å². The number of carbonyl (C=O) groups is 1. The largest absolute Gasteiger partial charge is 0.487 e. The maximum Gasteiger partial charge on any atom is 0.171 e. The van der Waals surface area contributed by atoms with Crippen molar-refractivity contribution in [2.24, 2.45) is 0 Å². The van der Waals surface area contributed by atoms with Gasteiger partial charge in [-0.05, 0) is 43.3 Å². The fraction of sp³-hybridized carbons (Fsp3) is 0.136. The number of hydrogen-bond donors (Lipinski definition) is 0. The number of rotatable bonds is 5. The van der Waals surface area contributed by atoms with Crippen molar-refractivity contribution in [2.75, 3.05) is 0 Å². The van der Waals surface area contributed by atoms with Crippen LogP contribution in [0.3, 0.4) is 0 Å². The second kappa shape index (κ2) is 7.29. The molecule has 134 valence electrons. The molecule has 0 saturated heterocycles. The van der Waals surface area contributed by atoms with E-state index in [0.717, 1.165) is 38.6 Å². The van der Waals surface area contributed by atoms with Gasteiger partial charge < -0.3 is 4.74 Å². The lowest BCUT2D eigenvalue weighted by atomic mass is 10.2. The number of pyridine rings is 1. The Labute approximate surface area is 161 Å². The zero-order valence-electron chi connectivity index (χ0n) is 15.1. The lowest BCUT2D eigenvalue weighted by molar-refractivity contribution is 0.102. The summed E-state index contributed by atoms with van der Waals surface area (Å²) in [5.74, 6) is 0.827. The minimum absolute atomic E-state index is 0.0547. The first-order valence-electron chi connectivity index (χ1n) is 8.66. The summed E-state index contributed by atoms with van der Waals surface area (Å²) in [5, 5.41) is 1.97. The molecule has 0 saturated carbocycles. The third-order valence-corrected chi connectivity index (χ3v) is 5.57. The third-order valence-electron chi connectivity index (χ3n) is 4.26. The highest BCUT2D eigenvalue weighted by molar-refractivity contribution is 7.17. The molecule has 0 aliphatic rings. The summed E-state index contributed by atoms with van der Waals surface area (Å²) in [7, 11) is 0. The Hall–Kier alpha value is -3.05. The van der Waals surface area contributed by atoms with Gasteiger partial charge in [-0.1, -0.05) is 24.3 Å². The van der Waals surface area contributed by atoms with E-state index in [1.165, 1.54) is 11.3 Å². The molecule has 2 aromatic carbocycles. The van der Waals surface area contributed by atoms with Crippen LogP contribution in [0.15, 0.2) is 60.7 Å². The van der Waals surface area contributed by atoms with Gasteiger partial charge in [0.2, 0.25) is 0 Å². The van der Waals surface area contributed by atoms with Gasteiger partial charge in [-0.3, -0.25) is 4.79 Å². The van der Waals surface area contributed by atoms with Crippen molar-refractivity contribution in [1.29, 1.82) is 0 Å². The van der Waals surface area contributed by atoms with E-state index in [-0.39, 0.29) is 5.78 Å². The number of carbonyl (C=O) groups excluding carboxylic acids is 1. The van der Waals surface area contributed by atoms with Gasteiger partial charge in [-0.2, -0.15) is 0 Å². The van der Waals surface area contributed by atoms with Crippen LogP contribution >= 0.6 is 11.3 Å². The number of para-hydroxylation sites is 1. The molecule has 27 heavy (non-hydrogen) atoms. The molecule has 0 spiro atoms. The third kappa shape index (κ3) is 3.73. The van der Waals surface area contributed by atoms with E-state index in [1.54, 1.807) is 6.92 Å². The standard InChI is InChI=1S/C22H18N2O2S/c1-14-21(15(2)25)27-22(23-14)17-8-11-19(12-9-17)26-13-18-10-7-16-5-3-4-6-20(16)24-18/h3-12H,13H2,1-2H3. The molecule has 0 bridgehead atoms. The van der Waals surface area contributed by atoms with E-state index in [1.807, 2.05) is 61.5 Å². The normalized spacial score (nSPS) is 10.9. The van der Waals surface area contributed by atoms with Gasteiger partial charge in [0.25, 0.3) is 0 Å². The lowest BCUT2D eigenvalue weighted by Crippen LogP contribution is -1.98. The Bertz CT molecular complexity index is 1120. The minimum atomic E-state index is 0.0547. The summed E-state index contributed by atoms with van der Waals surface area (Å²) in [4.78, 5) is 21.4. The highest BCUT2D eigenvalue weighted by atomic mass is 32.1. The molecular formula is C22H18N2O2S. The molecule has 4 rings (SSSR count). The zero-order chi connectivity index (χ0) is 18.8. The first-order valence-corrected chi connectivity index (χ1v) is 9.48. The summed E-state index contributed by atoms with van der Waals surface area (Å²) in [6.07, 6.45) is 0. The van der Waals surface area contributed by atoms with E-state index in [2.05, 4.69) is 16.0 Å². The second-order valence-corrected chi connectivity index (χ2v) is 7.30. The van der Waals surface area contributed by atoms with E-state index >= 15 is 0 Å². The van der Waals surface area contributed by atoms with Gasteiger partial charge in [-0.25, -0.2) is 9.97 Å². The molecule has 0 aliphatic carbocycles. The Balaban J connectivity index is 1.47. The SMILES string of the molecule is CC(=O)c1sc(-c2ccc(OCc3ccc4ccccc4n3)cc2)nc1C. The number of ketones is 1. The van der Waals surface area contributed by atoms with Gasteiger partial charge in [0.15, 0.2) is 5.78 Å². The zero-order valence-corrected chi connectivity index (χ0v) is 15.9. The van der Waals surface area contributed by atoms with Crippen molar-refractivity contribution in [2.45, 2.75) is 20.5 Å². The number of aromatic nitrogens is 2. The van der Waals surface area contributed by atoms with Crippen molar-refractivity contribution in [3.63, 3.8) is 0 Å². The molecule has 0 fully saturated rings. The van der Waals surface area contributed by atoms with Crippen molar-refractivity contribution in [3.8, 4) is 16.3 Å². The molecule has 4 aromatic rings. The highest BCUT2D eigenvalue weighted by Gasteiger charge is 2.12. The van der Waals surface area contributed by atoms with Gasteiger partial charge >= 0.3 is 0 Å². The molecule has 0 atom stereocenters. The van der Waals surface area contributed by atoms with Crippen molar-refractivity contribution in [1.82, 2.24) is 9.97 Å². The van der Waals surface area contributed by atoms with Crippen LogP contribution in [0.2, 0.25) is 0 Å². The summed E-state index contributed by atoms with van der Waals surface area (Å²) in [6.45, 7) is 3.85. The molecule has 0 radical (unpaired) electrons. The van der Waals surface area contributed by atoms with Crippen LogP contribution in [0.1, 0.15) is 28.0 Å². The predicted molar refractivity (Wildman–Crippen MR) is 108 cm³/mol. The number of nitrogens with zero attached hydrogens (tertiary/aromatic N) is 2. The Morgan fingerprint density at radius 1 is 1.00 bits per heavy atom. The number of aryl methyl sites for hydroxylation is 1. The number of thiazole rings is 1. The van der Waals surface area contributed by atoms with Crippen LogP contribution in [-0.4, -0.2) is 15.8 Å². The fourth-order valence-electron chi connectivity index (χ4n) is 2.89. The Morgan fingerprint density at radius 3 is 2.52 bits per heavy atom. The number of fused-ring (bicyclic) bond motifs is 1. The van der Waals surface area contributed by atoms with Crippen molar-refractivity contribution in [3.05, 3.63) is 76.9 Å². The van der Waals surface area contributed by atoms with Crippen LogP contribution in [-0.2, 0) is 6.61 Å². The molecule has 0 aliphatic heterocycles. The average Bonchev–Trinajstić information content (AvgIpc) is 3.08. The van der Waals surface area contributed by atoms with Gasteiger partial charge in [0.05, 0.1) is 21.8 Å². The maximum absolute atomic E-state index is 11.6. The smallest absolute Gasteiger partial charge is 0.171 e.